The van der Waals surface area contributed by atoms with Gasteiger partial charge >= 0.3 is 0 Å². The molecule has 3 heteroatoms. The molecular formula is C15H18N2O. The van der Waals surface area contributed by atoms with E-state index in [1.165, 1.54) is 12.8 Å². The molecule has 0 heterocycles. The maximum atomic E-state index is 12.1. The molecule has 2 rings (SSSR count). The standard InChI is InChI=1S/C15H18N2O/c1-2-17(11-14-7-8-14)15(18)9-12-3-5-13(10-16)6-4-12/h3-6,14H,2,7-9,11H2,1H3. The molecule has 0 atom stereocenters. The third-order valence-electron chi connectivity index (χ3n) is 3.35. The van der Waals surface area contributed by atoms with Gasteiger partial charge in [-0.1, -0.05) is 12.1 Å². The van der Waals surface area contributed by atoms with E-state index in [0.717, 1.165) is 24.6 Å². The van der Waals surface area contributed by atoms with Gasteiger partial charge in [-0.05, 0) is 43.4 Å². The molecule has 0 radical (unpaired) electrons. The van der Waals surface area contributed by atoms with Gasteiger partial charge in [0.1, 0.15) is 0 Å². The van der Waals surface area contributed by atoms with Crippen LogP contribution in [0.3, 0.4) is 0 Å². The summed E-state index contributed by atoms with van der Waals surface area (Å²) in [4.78, 5) is 14.1. The molecule has 0 aromatic heterocycles. The van der Waals surface area contributed by atoms with Gasteiger partial charge in [0, 0.05) is 13.1 Å². The van der Waals surface area contributed by atoms with Crippen molar-refractivity contribution in [1.82, 2.24) is 4.90 Å². The molecule has 18 heavy (non-hydrogen) atoms. The van der Waals surface area contributed by atoms with E-state index in [9.17, 15) is 4.79 Å². The Balaban J connectivity index is 1.93. The second-order valence-corrected chi connectivity index (χ2v) is 4.86. The van der Waals surface area contributed by atoms with Crippen molar-refractivity contribution in [2.75, 3.05) is 13.1 Å². The van der Waals surface area contributed by atoms with Gasteiger partial charge in [-0.15, -0.1) is 0 Å². The lowest BCUT2D eigenvalue weighted by molar-refractivity contribution is -0.130. The van der Waals surface area contributed by atoms with Crippen LogP contribution in [0, 0.1) is 17.2 Å². The van der Waals surface area contributed by atoms with Crippen molar-refractivity contribution in [2.24, 2.45) is 5.92 Å². The number of nitriles is 1. The average Bonchev–Trinajstić information content (AvgIpc) is 3.20. The normalized spacial score (nSPS) is 14.0. The van der Waals surface area contributed by atoms with E-state index in [2.05, 4.69) is 6.07 Å². The Kier molecular flexibility index (Phi) is 3.99. The third kappa shape index (κ3) is 3.33. The predicted molar refractivity (Wildman–Crippen MR) is 69.8 cm³/mol. The van der Waals surface area contributed by atoms with Gasteiger partial charge in [0.25, 0.3) is 0 Å². The van der Waals surface area contributed by atoms with Crippen molar-refractivity contribution < 1.29 is 4.79 Å². The largest absolute Gasteiger partial charge is 0.342 e. The highest BCUT2D eigenvalue weighted by molar-refractivity contribution is 5.78. The molecule has 3 nitrogen and oxygen atoms in total. The first kappa shape index (κ1) is 12.6. The molecular weight excluding hydrogens is 224 g/mol. The Labute approximate surface area is 108 Å². The minimum Gasteiger partial charge on any atom is -0.342 e. The fourth-order valence-corrected chi connectivity index (χ4v) is 2.00. The van der Waals surface area contributed by atoms with Crippen LogP contribution in [0.4, 0.5) is 0 Å². The van der Waals surface area contributed by atoms with E-state index >= 15 is 0 Å². The Morgan fingerprint density at radius 1 is 1.39 bits per heavy atom. The number of carbonyl (C=O) groups is 1. The molecule has 1 fully saturated rings. The van der Waals surface area contributed by atoms with Crippen molar-refractivity contribution in [3.8, 4) is 6.07 Å². The maximum absolute atomic E-state index is 12.1. The quantitative estimate of drug-likeness (QED) is 0.795. The second kappa shape index (κ2) is 5.68. The van der Waals surface area contributed by atoms with E-state index in [0.29, 0.717) is 12.0 Å². The van der Waals surface area contributed by atoms with Crippen LogP contribution in [0.5, 0.6) is 0 Å². The van der Waals surface area contributed by atoms with Gasteiger partial charge in [0.2, 0.25) is 5.91 Å². The summed E-state index contributed by atoms with van der Waals surface area (Å²) in [5.41, 5.74) is 1.62. The van der Waals surface area contributed by atoms with Gasteiger partial charge in [0.15, 0.2) is 0 Å². The van der Waals surface area contributed by atoms with Crippen molar-refractivity contribution in [1.29, 1.82) is 5.26 Å². The van der Waals surface area contributed by atoms with Crippen molar-refractivity contribution in [2.45, 2.75) is 26.2 Å². The smallest absolute Gasteiger partial charge is 0.226 e. The van der Waals surface area contributed by atoms with E-state index in [-0.39, 0.29) is 5.91 Å². The van der Waals surface area contributed by atoms with Crippen molar-refractivity contribution >= 4 is 5.91 Å². The van der Waals surface area contributed by atoms with Crippen LogP contribution >= 0.6 is 0 Å². The van der Waals surface area contributed by atoms with Gasteiger partial charge in [-0.2, -0.15) is 5.26 Å². The zero-order valence-corrected chi connectivity index (χ0v) is 10.7. The Morgan fingerprint density at radius 3 is 2.56 bits per heavy atom. The average molecular weight is 242 g/mol. The van der Waals surface area contributed by atoms with Crippen LogP contribution in [-0.2, 0) is 11.2 Å². The predicted octanol–water partition coefficient (Wildman–Crippen LogP) is 2.36. The molecule has 1 saturated carbocycles. The highest BCUT2D eigenvalue weighted by Crippen LogP contribution is 2.29. The van der Waals surface area contributed by atoms with Gasteiger partial charge in [-0.25, -0.2) is 0 Å². The summed E-state index contributed by atoms with van der Waals surface area (Å²) in [6.45, 7) is 3.72. The second-order valence-electron chi connectivity index (χ2n) is 4.86. The minimum atomic E-state index is 0.189. The van der Waals surface area contributed by atoms with Crippen LogP contribution in [0.25, 0.3) is 0 Å². The summed E-state index contributed by atoms with van der Waals surface area (Å²) in [5.74, 6) is 0.920. The molecule has 1 aromatic rings. The number of likely N-dealkylation sites (N-methyl/N-ethyl adjacent to an activating group) is 1. The highest BCUT2D eigenvalue weighted by atomic mass is 16.2. The maximum Gasteiger partial charge on any atom is 0.226 e. The Bertz CT molecular complexity index is 454. The molecule has 0 saturated heterocycles. The van der Waals surface area contributed by atoms with Gasteiger partial charge in [-0.3, -0.25) is 4.79 Å². The first-order valence-electron chi connectivity index (χ1n) is 6.49. The number of rotatable bonds is 5. The molecule has 1 amide bonds. The fraction of sp³-hybridized carbons (Fsp3) is 0.467. The number of carbonyl (C=O) groups excluding carboxylic acids is 1. The fourth-order valence-electron chi connectivity index (χ4n) is 2.00. The van der Waals surface area contributed by atoms with Crippen LogP contribution in [0.15, 0.2) is 24.3 Å². The number of amides is 1. The van der Waals surface area contributed by atoms with Gasteiger partial charge < -0.3 is 4.90 Å². The highest BCUT2D eigenvalue weighted by Gasteiger charge is 2.25. The SMILES string of the molecule is CCN(CC1CC1)C(=O)Cc1ccc(C#N)cc1. The lowest BCUT2D eigenvalue weighted by atomic mass is 10.1. The summed E-state index contributed by atoms with van der Waals surface area (Å²) in [6, 6.07) is 9.33. The molecule has 0 bridgehead atoms. The lowest BCUT2D eigenvalue weighted by Crippen LogP contribution is -2.33. The number of nitrogens with zero attached hydrogens (tertiary/aromatic N) is 2. The molecule has 0 aliphatic heterocycles. The van der Waals surface area contributed by atoms with E-state index in [1.54, 1.807) is 12.1 Å². The molecule has 0 N–H and O–H groups in total. The zero-order chi connectivity index (χ0) is 13.0. The van der Waals surface area contributed by atoms with E-state index < -0.39 is 0 Å². The molecule has 1 aliphatic rings. The Morgan fingerprint density at radius 2 is 2.06 bits per heavy atom. The first-order chi connectivity index (χ1) is 8.72. The van der Waals surface area contributed by atoms with E-state index in [1.807, 2.05) is 24.0 Å². The van der Waals surface area contributed by atoms with Crippen LogP contribution in [0.1, 0.15) is 30.9 Å². The topological polar surface area (TPSA) is 44.1 Å². The molecule has 1 aliphatic carbocycles. The molecule has 0 spiro atoms. The molecule has 1 aromatic carbocycles. The van der Waals surface area contributed by atoms with Crippen LogP contribution < -0.4 is 0 Å². The van der Waals surface area contributed by atoms with Gasteiger partial charge in [0.05, 0.1) is 18.1 Å². The summed E-state index contributed by atoms with van der Waals surface area (Å²) in [6.07, 6.45) is 2.97. The lowest BCUT2D eigenvalue weighted by Gasteiger charge is -2.20. The summed E-state index contributed by atoms with van der Waals surface area (Å²) < 4.78 is 0. The summed E-state index contributed by atoms with van der Waals surface area (Å²) in [7, 11) is 0. The molecule has 94 valence electrons. The molecule has 0 unspecified atom stereocenters. The zero-order valence-electron chi connectivity index (χ0n) is 10.7. The van der Waals surface area contributed by atoms with Crippen LogP contribution in [-0.4, -0.2) is 23.9 Å². The number of hydrogen-bond donors (Lipinski definition) is 0. The van der Waals surface area contributed by atoms with E-state index in [4.69, 9.17) is 5.26 Å². The first-order valence-corrected chi connectivity index (χ1v) is 6.49. The monoisotopic (exact) mass is 242 g/mol. The third-order valence-corrected chi connectivity index (χ3v) is 3.35. The summed E-state index contributed by atoms with van der Waals surface area (Å²) in [5, 5.41) is 8.72. The number of hydrogen-bond acceptors (Lipinski definition) is 2. The summed E-state index contributed by atoms with van der Waals surface area (Å²) >= 11 is 0. The van der Waals surface area contributed by atoms with Crippen LogP contribution in [0.2, 0.25) is 0 Å². The van der Waals surface area contributed by atoms with Crippen molar-refractivity contribution in [3.63, 3.8) is 0 Å². The number of benzene rings is 1. The Hall–Kier alpha value is -1.82. The van der Waals surface area contributed by atoms with Crippen molar-refractivity contribution in [3.05, 3.63) is 35.4 Å². The minimum absolute atomic E-state index is 0.189.